The van der Waals surface area contributed by atoms with Gasteiger partial charge in [0.15, 0.2) is 0 Å². The zero-order valence-electron chi connectivity index (χ0n) is 23.6. The second-order valence-corrected chi connectivity index (χ2v) is 9.86. The molecule has 8 nitrogen and oxygen atoms in total. The van der Waals surface area contributed by atoms with E-state index < -0.39 is 23.9 Å². The molecule has 8 heteroatoms. The van der Waals surface area contributed by atoms with Crippen molar-refractivity contribution in [3.8, 4) is 0 Å². The summed E-state index contributed by atoms with van der Waals surface area (Å²) in [6, 6.07) is 8.28. The van der Waals surface area contributed by atoms with Crippen LogP contribution >= 0.6 is 0 Å². The van der Waals surface area contributed by atoms with Gasteiger partial charge in [-0.3, -0.25) is 0 Å². The van der Waals surface area contributed by atoms with Crippen LogP contribution in [0.25, 0.3) is 0 Å². The van der Waals surface area contributed by atoms with Crippen molar-refractivity contribution in [2.75, 3.05) is 0 Å². The van der Waals surface area contributed by atoms with Crippen molar-refractivity contribution in [1.29, 1.82) is 0 Å². The van der Waals surface area contributed by atoms with Gasteiger partial charge in [-0.05, 0) is 36.8 Å². The average Bonchev–Trinajstić information content (AvgIpc) is 2.92. The third kappa shape index (κ3) is 12.0. The summed E-state index contributed by atoms with van der Waals surface area (Å²) < 4.78 is 0. The van der Waals surface area contributed by atoms with Crippen LogP contribution in [0.3, 0.4) is 0 Å². The molecule has 2 rings (SSSR count). The van der Waals surface area contributed by atoms with Crippen LogP contribution in [0.15, 0.2) is 36.4 Å². The molecule has 0 radical (unpaired) electrons. The SMILES string of the molecule is CCCCCCCCc1ccc(C(=O)[O-])c(C(=O)[O-])c1CCCCCCCC.O=C([O-])c1ccccc1C(=O)[O-]. The summed E-state index contributed by atoms with van der Waals surface area (Å²) in [6.07, 6.45) is 15.0. The van der Waals surface area contributed by atoms with E-state index in [-0.39, 0.29) is 22.3 Å². The summed E-state index contributed by atoms with van der Waals surface area (Å²) in [5, 5.41) is 43.8. The highest BCUT2D eigenvalue weighted by molar-refractivity contribution is 6.01. The lowest BCUT2D eigenvalue weighted by molar-refractivity contribution is -0.259. The molecule has 2 aromatic carbocycles. The van der Waals surface area contributed by atoms with Gasteiger partial charge in [0.2, 0.25) is 0 Å². The Morgan fingerprint density at radius 2 is 0.925 bits per heavy atom. The number of rotatable bonds is 18. The van der Waals surface area contributed by atoms with Crippen LogP contribution in [0.2, 0.25) is 0 Å². The fourth-order valence-electron chi connectivity index (χ4n) is 4.63. The Morgan fingerprint density at radius 3 is 1.35 bits per heavy atom. The third-order valence-electron chi connectivity index (χ3n) is 6.78. The summed E-state index contributed by atoms with van der Waals surface area (Å²) in [6.45, 7) is 4.36. The van der Waals surface area contributed by atoms with Gasteiger partial charge in [0.05, 0.1) is 23.9 Å². The molecule has 2 aromatic rings. The summed E-state index contributed by atoms with van der Waals surface area (Å²) >= 11 is 0. The van der Waals surface area contributed by atoms with Crippen molar-refractivity contribution in [3.05, 3.63) is 69.8 Å². The van der Waals surface area contributed by atoms with Crippen LogP contribution in [0.1, 0.15) is 143 Å². The van der Waals surface area contributed by atoms with Gasteiger partial charge < -0.3 is 39.6 Å². The number of unbranched alkanes of at least 4 members (excludes halogenated alkanes) is 10. The Balaban J connectivity index is 0.000000552. The molecule has 0 aliphatic rings. The maximum Gasteiger partial charge on any atom is 0.0724 e. The van der Waals surface area contributed by atoms with E-state index in [2.05, 4.69) is 13.8 Å². The number of carbonyl (C=O) groups is 4. The Labute approximate surface area is 237 Å². The van der Waals surface area contributed by atoms with Crippen molar-refractivity contribution < 1.29 is 39.6 Å². The van der Waals surface area contributed by atoms with Gasteiger partial charge in [0.1, 0.15) is 0 Å². The molecule has 0 aliphatic carbocycles. The lowest BCUT2D eigenvalue weighted by atomic mass is 9.89. The summed E-state index contributed by atoms with van der Waals surface area (Å²) in [5.74, 6) is -5.90. The Kier molecular flexibility index (Phi) is 16.6. The Morgan fingerprint density at radius 1 is 0.500 bits per heavy atom. The molecule has 220 valence electrons. The minimum Gasteiger partial charge on any atom is -0.545 e. The predicted octanol–water partition coefficient (Wildman–Crippen LogP) is 2.63. The molecule has 0 saturated carbocycles. The first-order chi connectivity index (χ1) is 19.1. The number of hydrogen-bond donors (Lipinski definition) is 0. The first-order valence-electron chi connectivity index (χ1n) is 14.2. The highest BCUT2D eigenvalue weighted by atomic mass is 16.4. The molecular weight excluding hydrogens is 512 g/mol. The fourth-order valence-corrected chi connectivity index (χ4v) is 4.63. The zero-order valence-corrected chi connectivity index (χ0v) is 23.6. The average molecular weight is 553 g/mol. The molecule has 0 amide bonds. The lowest BCUT2D eigenvalue weighted by Crippen LogP contribution is -2.31. The van der Waals surface area contributed by atoms with E-state index in [9.17, 15) is 39.6 Å². The highest BCUT2D eigenvalue weighted by Gasteiger charge is 2.15. The van der Waals surface area contributed by atoms with Crippen molar-refractivity contribution in [1.82, 2.24) is 0 Å². The van der Waals surface area contributed by atoms with Gasteiger partial charge in [-0.15, -0.1) is 0 Å². The molecule has 0 aromatic heterocycles. The summed E-state index contributed by atoms with van der Waals surface area (Å²) in [7, 11) is 0. The van der Waals surface area contributed by atoms with Gasteiger partial charge in [-0.25, -0.2) is 0 Å². The van der Waals surface area contributed by atoms with Crippen LogP contribution in [-0.4, -0.2) is 23.9 Å². The minimum absolute atomic E-state index is 0.169. The molecule has 40 heavy (non-hydrogen) atoms. The molecule has 0 atom stereocenters. The van der Waals surface area contributed by atoms with E-state index in [1.807, 2.05) is 0 Å². The molecule has 0 unspecified atom stereocenters. The number of hydrogen-bond acceptors (Lipinski definition) is 8. The number of carboxylic acid groups (broad SMARTS) is 4. The Bertz CT molecular complexity index is 1070. The van der Waals surface area contributed by atoms with Crippen molar-refractivity contribution >= 4 is 23.9 Å². The van der Waals surface area contributed by atoms with Gasteiger partial charge in [-0.1, -0.05) is 114 Å². The number of benzene rings is 2. The van der Waals surface area contributed by atoms with Gasteiger partial charge >= 0.3 is 0 Å². The van der Waals surface area contributed by atoms with E-state index >= 15 is 0 Å². The topological polar surface area (TPSA) is 161 Å². The summed E-state index contributed by atoms with van der Waals surface area (Å²) in [5.41, 5.74) is 0.443. The standard InChI is InChI=1S/C24H38O4.C8H6O4/c1-3-5-7-9-11-13-15-19-17-18-21(23(25)26)22(24(27)28)20(19)16-14-12-10-8-6-4-2;9-7(10)5-3-1-2-4-6(5)8(11)12/h17-18H,3-16H2,1-2H3,(H,25,26)(H,27,28);1-4H,(H,9,10)(H,11,12)/p-4. The molecule has 0 spiro atoms. The van der Waals surface area contributed by atoms with Crippen LogP contribution in [0.5, 0.6) is 0 Å². The first-order valence-corrected chi connectivity index (χ1v) is 14.2. The maximum absolute atomic E-state index is 11.7. The fraction of sp³-hybridized carbons (Fsp3) is 0.500. The van der Waals surface area contributed by atoms with Crippen LogP contribution in [0, 0.1) is 0 Å². The second-order valence-electron chi connectivity index (χ2n) is 9.86. The van der Waals surface area contributed by atoms with Crippen molar-refractivity contribution in [2.24, 2.45) is 0 Å². The molecule has 0 heterocycles. The van der Waals surface area contributed by atoms with Gasteiger partial charge in [0, 0.05) is 22.3 Å². The zero-order chi connectivity index (χ0) is 29.9. The molecule has 0 bridgehead atoms. The van der Waals surface area contributed by atoms with E-state index in [0.717, 1.165) is 56.2 Å². The van der Waals surface area contributed by atoms with E-state index in [1.165, 1.54) is 63.1 Å². The van der Waals surface area contributed by atoms with Gasteiger partial charge in [-0.2, -0.15) is 0 Å². The highest BCUT2D eigenvalue weighted by Crippen LogP contribution is 2.24. The molecule has 0 N–H and O–H groups in total. The first kappa shape index (κ1) is 34.3. The number of carboxylic acids is 4. The van der Waals surface area contributed by atoms with E-state index in [0.29, 0.717) is 12.0 Å². The smallest absolute Gasteiger partial charge is 0.0724 e. The van der Waals surface area contributed by atoms with E-state index in [1.54, 1.807) is 6.07 Å². The number of aromatic carboxylic acids is 4. The monoisotopic (exact) mass is 552 g/mol. The number of carbonyl (C=O) groups excluding carboxylic acids is 4. The quantitative estimate of drug-likeness (QED) is 0.255. The van der Waals surface area contributed by atoms with Crippen LogP contribution in [0.4, 0.5) is 0 Å². The predicted molar refractivity (Wildman–Crippen MR) is 144 cm³/mol. The molecule has 0 saturated heterocycles. The Hall–Kier alpha value is -3.68. The maximum atomic E-state index is 11.7. The minimum atomic E-state index is -1.52. The number of aryl methyl sites for hydroxylation is 1. The lowest BCUT2D eigenvalue weighted by Gasteiger charge is -2.20. The summed E-state index contributed by atoms with van der Waals surface area (Å²) in [4.78, 5) is 43.8. The largest absolute Gasteiger partial charge is 0.545 e. The second kappa shape index (κ2) is 19.4. The molecule has 0 aliphatic heterocycles. The van der Waals surface area contributed by atoms with Crippen molar-refractivity contribution in [3.63, 3.8) is 0 Å². The van der Waals surface area contributed by atoms with E-state index in [4.69, 9.17) is 0 Å². The molecular formula is C32H40O8-4. The normalized spacial score (nSPS) is 10.4. The van der Waals surface area contributed by atoms with Gasteiger partial charge in [0.25, 0.3) is 0 Å². The van der Waals surface area contributed by atoms with Crippen LogP contribution in [-0.2, 0) is 12.8 Å². The van der Waals surface area contributed by atoms with Crippen LogP contribution < -0.4 is 20.4 Å². The third-order valence-corrected chi connectivity index (χ3v) is 6.78. The van der Waals surface area contributed by atoms with Crippen molar-refractivity contribution in [2.45, 2.75) is 104 Å². The molecule has 0 fully saturated rings.